The van der Waals surface area contributed by atoms with Gasteiger partial charge < -0.3 is 33.1 Å². The lowest BCUT2D eigenvalue weighted by Gasteiger charge is -2.21. The van der Waals surface area contributed by atoms with Gasteiger partial charge in [-0.05, 0) is 147 Å². The van der Waals surface area contributed by atoms with E-state index in [1.165, 1.54) is 49.2 Å². The third-order valence-electron chi connectivity index (χ3n) is 14.7. The van der Waals surface area contributed by atoms with Crippen molar-refractivity contribution in [3.63, 3.8) is 0 Å². The Morgan fingerprint density at radius 3 is 1.48 bits per heavy atom. The Morgan fingerprint density at radius 1 is 0.455 bits per heavy atom. The fourth-order valence-corrected chi connectivity index (χ4v) is 10.7. The maximum Gasteiger partial charge on any atom is 0.155 e. The second-order valence-electron chi connectivity index (χ2n) is 19.5. The summed E-state index contributed by atoms with van der Waals surface area (Å²) in [6.07, 6.45) is 3.91. The maximum atomic E-state index is 6.40. The van der Waals surface area contributed by atoms with Gasteiger partial charge in [0.2, 0.25) is 0 Å². The fraction of sp³-hybridized carbons (Fsp3) is 0.242. The minimum Gasteiger partial charge on any atom is -0.355 e. The first kappa shape index (κ1) is 51.1. The number of para-hydroxylation sites is 4. The number of hydrogen-bond acceptors (Lipinski definition) is 8. The Morgan fingerprint density at radius 2 is 0.948 bits per heavy atom. The molecule has 11 aromatic rings. The van der Waals surface area contributed by atoms with Crippen LogP contribution in [0.15, 0.2) is 186 Å². The first-order valence-corrected chi connectivity index (χ1v) is 27.1. The minimum absolute atomic E-state index is 0.410. The number of aryl methyl sites for hydroxylation is 3. The van der Waals surface area contributed by atoms with Gasteiger partial charge in [0.1, 0.15) is 0 Å². The van der Waals surface area contributed by atoms with E-state index in [4.69, 9.17) is 29.2 Å². The van der Waals surface area contributed by atoms with E-state index >= 15 is 0 Å². The highest BCUT2D eigenvalue weighted by Crippen LogP contribution is 2.33. The molecule has 0 bridgehead atoms. The summed E-state index contributed by atoms with van der Waals surface area (Å²) >= 11 is 0. The zero-order chi connectivity index (χ0) is 52.7. The monoisotopic (exact) mass is 1020 g/mol. The van der Waals surface area contributed by atoms with Gasteiger partial charge in [-0.25, -0.2) is 0 Å². The molecule has 1 N–H and O–H groups in total. The van der Waals surface area contributed by atoms with Crippen molar-refractivity contribution in [2.24, 2.45) is 10.2 Å². The Balaban J connectivity index is 0.700. The number of benzene rings is 8. The van der Waals surface area contributed by atoms with Crippen LogP contribution in [0.5, 0.6) is 0 Å². The summed E-state index contributed by atoms with van der Waals surface area (Å²) in [5.41, 5.74) is 14.7. The second-order valence-corrected chi connectivity index (χ2v) is 19.5. The van der Waals surface area contributed by atoms with Gasteiger partial charge in [0.25, 0.3) is 0 Å². The Labute approximate surface area is 450 Å². The summed E-state index contributed by atoms with van der Waals surface area (Å²) in [5, 5.41) is 21.2. The number of fused-ring (bicyclic) bond motifs is 9. The van der Waals surface area contributed by atoms with Crippen LogP contribution in [-0.2, 0) is 51.7 Å². The molecule has 390 valence electrons. The standard InChI is InChI=1S/C66H67N7O4/c1-6-51-41-62-58(40-52(51)45-77-47(5)75-36-34-73(54-21-13-10-14-22-54)68-43-49-29-32-66-60(38-49)56-24-16-18-26-64(56)71(66)8-3)57-39-50(27-30-61(57)69-62)44-76-46(4)74-35-33-72(53-19-11-9-12-20-53)67-42-48-28-31-65-59(37-48)55-23-15-17-25-63(55)70(65)7-2/h9-32,37-43,46-47,69H,6-8,33-36,44-45H2,1-5H3/b67-42+,68-43+. The van der Waals surface area contributed by atoms with E-state index in [-0.39, 0.29) is 0 Å². The minimum atomic E-state index is -0.429. The largest absolute Gasteiger partial charge is 0.355 e. The van der Waals surface area contributed by atoms with Crippen LogP contribution in [0, 0.1) is 0 Å². The Kier molecular flexibility index (Phi) is 15.6. The van der Waals surface area contributed by atoms with Gasteiger partial charge in [0.05, 0.1) is 63.3 Å². The van der Waals surface area contributed by atoms with Crippen molar-refractivity contribution >= 4 is 89.2 Å². The summed E-state index contributed by atoms with van der Waals surface area (Å²) in [4.78, 5) is 3.65. The molecule has 0 spiro atoms. The molecule has 8 aromatic carbocycles. The summed E-state index contributed by atoms with van der Waals surface area (Å²) in [7, 11) is 0. The number of aromatic amines is 1. The van der Waals surface area contributed by atoms with Crippen LogP contribution >= 0.6 is 0 Å². The van der Waals surface area contributed by atoms with E-state index in [0.29, 0.717) is 39.5 Å². The molecular formula is C66H67N7O4. The predicted octanol–water partition coefficient (Wildman–Crippen LogP) is 15.0. The normalized spacial score (nSPS) is 12.9. The van der Waals surface area contributed by atoms with Crippen LogP contribution in [-0.4, -0.2) is 65.4 Å². The van der Waals surface area contributed by atoms with Gasteiger partial charge in [-0.3, -0.25) is 10.0 Å². The van der Waals surface area contributed by atoms with Crippen molar-refractivity contribution in [3.05, 3.63) is 204 Å². The number of rotatable bonds is 23. The zero-order valence-corrected chi connectivity index (χ0v) is 44.7. The third-order valence-corrected chi connectivity index (χ3v) is 14.7. The molecule has 11 nitrogen and oxygen atoms in total. The lowest BCUT2D eigenvalue weighted by molar-refractivity contribution is -0.136. The maximum absolute atomic E-state index is 6.40. The van der Waals surface area contributed by atoms with Gasteiger partial charge in [0, 0.05) is 78.5 Å². The van der Waals surface area contributed by atoms with Crippen LogP contribution in [0.1, 0.15) is 62.4 Å². The van der Waals surface area contributed by atoms with Gasteiger partial charge in [-0.1, -0.05) is 97.9 Å². The van der Waals surface area contributed by atoms with E-state index in [2.05, 4.69) is 174 Å². The molecule has 2 unspecified atom stereocenters. The number of hydrogen-bond donors (Lipinski definition) is 1. The average Bonchev–Trinajstić information content (AvgIpc) is 4.13. The Hall–Kier alpha value is -8.06. The van der Waals surface area contributed by atoms with Gasteiger partial charge in [-0.2, -0.15) is 10.2 Å². The molecule has 3 heterocycles. The molecule has 11 rings (SSSR count). The molecule has 11 heteroatoms. The third kappa shape index (κ3) is 11.1. The van der Waals surface area contributed by atoms with E-state index < -0.39 is 12.6 Å². The molecule has 3 aromatic heterocycles. The number of ether oxygens (including phenoxy) is 4. The van der Waals surface area contributed by atoms with Gasteiger partial charge in [0.15, 0.2) is 12.6 Å². The first-order valence-electron chi connectivity index (χ1n) is 27.1. The summed E-state index contributed by atoms with van der Waals surface area (Å²) in [6, 6.07) is 61.8. The van der Waals surface area contributed by atoms with E-state index in [1.54, 1.807) is 0 Å². The quantitative estimate of drug-likeness (QED) is 0.0390. The molecule has 0 fully saturated rings. The number of nitrogens with one attached hydrogen (secondary N) is 1. The predicted molar refractivity (Wildman–Crippen MR) is 319 cm³/mol. The molecule has 0 aliphatic rings. The molecular weight excluding hydrogens is 955 g/mol. The SMILES string of the molecule is CCc1cc2[nH]c3ccc(COC(C)OCCN(/N=C/c4ccc5c(c4)c4ccccc4n5CC)c4ccccc4)cc3c2cc1COC(C)OCCN(/N=C/c1ccc2c(c1)c1ccccc1n2CC)c1ccccc1. The smallest absolute Gasteiger partial charge is 0.155 e. The van der Waals surface area contributed by atoms with Crippen LogP contribution in [0.4, 0.5) is 11.4 Å². The molecule has 0 saturated heterocycles. The van der Waals surface area contributed by atoms with Gasteiger partial charge >= 0.3 is 0 Å². The lowest BCUT2D eigenvalue weighted by atomic mass is 10.0. The molecule has 0 radical (unpaired) electrons. The highest BCUT2D eigenvalue weighted by atomic mass is 16.7. The molecule has 77 heavy (non-hydrogen) atoms. The molecule has 0 saturated carbocycles. The number of hydrazone groups is 2. The van der Waals surface area contributed by atoms with Crippen molar-refractivity contribution in [3.8, 4) is 0 Å². The summed E-state index contributed by atoms with van der Waals surface area (Å²) in [6.45, 7) is 15.1. The van der Waals surface area contributed by atoms with E-state index in [0.717, 1.165) is 74.9 Å². The van der Waals surface area contributed by atoms with Crippen LogP contribution < -0.4 is 10.0 Å². The van der Waals surface area contributed by atoms with Crippen molar-refractivity contribution < 1.29 is 18.9 Å². The second kappa shape index (κ2) is 23.5. The van der Waals surface area contributed by atoms with E-state index in [9.17, 15) is 0 Å². The lowest BCUT2D eigenvalue weighted by Crippen LogP contribution is -2.25. The summed E-state index contributed by atoms with van der Waals surface area (Å²) < 4.78 is 30.0. The Bertz CT molecular complexity index is 3860. The number of H-pyrrole nitrogens is 1. The van der Waals surface area contributed by atoms with Crippen molar-refractivity contribution in [1.82, 2.24) is 14.1 Å². The van der Waals surface area contributed by atoms with Crippen molar-refractivity contribution in [1.29, 1.82) is 0 Å². The molecule has 0 amide bonds. The number of aromatic nitrogens is 3. The first-order chi connectivity index (χ1) is 37.8. The number of anilines is 2. The van der Waals surface area contributed by atoms with Crippen molar-refractivity contribution in [2.75, 3.05) is 36.3 Å². The molecule has 0 aliphatic carbocycles. The molecule has 2 atom stereocenters. The van der Waals surface area contributed by atoms with Gasteiger partial charge in [-0.15, -0.1) is 0 Å². The van der Waals surface area contributed by atoms with Crippen molar-refractivity contribution in [2.45, 2.75) is 79.9 Å². The molecule has 0 aliphatic heterocycles. The van der Waals surface area contributed by atoms with Crippen LogP contribution in [0.2, 0.25) is 0 Å². The highest BCUT2D eigenvalue weighted by Gasteiger charge is 2.16. The van der Waals surface area contributed by atoms with Crippen LogP contribution in [0.25, 0.3) is 65.4 Å². The fourth-order valence-electron chi connectivity index (χ4n) is 10.7. The van der Waals surface area contributed by atoms with Crippen LogP contribution in [0.3, 0.4) is 0 Å². The topological polar surface area (TPSA) is 93.8 Å². The number of nitrogens with zero attached hydrogens (tertiary/aromatic N) is 6. The van der Waals surface area contributed by atoms with E-state index in [1.807, 2.05) is 72.7 Å². The summed E-state index contributed by atoms with van der Waals surface area (Å²) in [5.74, 6) is 0. The average molecular weight is 1020 g/mol. The highest BCUT2D eigenvalue weighted by molar-refractivity contribution is 6.11. The zero-order valence-electron chi connectivity index (χ0n) is 44.7.